The first-order valence-electron chi connectivity index (χ1n) is 5.12. The zero-order valence-electron chi connectivity index (χ0n) is 10.2. The molecule has 0 heterocycles. The Balaban J connectivity index is 4.37. The Labute approximate surface area is 108 Å². The van der Waals surface area contributed by atoms with Crippen LogP contribution in [0.25, 0.3) is 0 Å². The van der Waals surface area contributed by atoms with E-state index in [0.29, 0.717) is 0 Å². The maximum absolute atomic E-state index is 5.00. The average Bonchev–Trinajstić information content (AvgIpc) is 2.39. The second-order valence-corrected chi connectivity index (χ2v) is 4.89. The number of rotatable bonds is 13. The quantitative estimate of drug-likeness (QED) is 0.168. The van der Waals surface area contributed by atoms with Crippen molar-refractivity contribution >= 4 is 8.80 Å². The van der Waals surface area contributed by atoms with Crippen LogP contribution in [0.15, 0.2) is 50.2 Å². The first-order chi connectivity index (χ1) is 8.74. The molecule has 0 saturated heterocycles. The van der Waals surface area contributed by atoms with Gasteiger partial charge >= 0.3 is 8.80 Å². The second-order valence-electron chi connectivity index (χ2n) is 2.78. The smallest absolute Gasteiger partial charge is 0.239 e. The Morgan fingerprint density at radius 2 is 1.00 bits per heavy atom. The second kappa shape index (κ2) is 11.1. The lowest BCUT2D eigenvalue weighted by Gasteiger charge is -2.21. The van der Waals surface area contributed by atoms with Crippen molar-refractivity contribution < 1.29 is 28.4 Å². The molecule has 0 rings (SSSR count). The fourth-order valence-corrected chi connectivity index (χ4v) is 1.62. The van der Waals surface area contributed by atoms with Crippen molar-refractivity contribution in [1.29, 1.82) is 0 Å². The Morgan fingerprint density at radius 1 is 0.667 bits per heavy atom. The Hall–Kier alpha value is -1.06. The van der Waals surface area contributed by atoms with Crippen molar-refractivity contribution in [2.75, 3.05) is 19.8 Å². The average molecular weight is 274 g/mol. The van der Waals surface area contributed by atoms with Crippen LogP contribution in [0.2, 0.25) is 0 Å². The summed E-state index contributed by atoms with van der Waals surface area (Å²) >= 11 is 0. The lowest BCUT2D eigenvalue weighted by molar-refractivity contribution is -0.351. The van der Waals surface area contributed by atoms with Gasteiger partial charge < -0.3 is 0 Å². The Kier molecular flexibility index (Phi) is 10.4. The Bertz CT molecular complexity index is 232. The summed E-state index contributed by atoms with van der Waals surface area (Å²) in [5, 5.41) is 0. The van der Waals surface area contributed by atoms with Gasteiger partial charge in [0, 0.05) is 0 Å². The highest BCUT2D eigenvalue weighted by Gasteiger charge is 2.44. The molecule has 6 nitrogen and oxygen atoms in total. The first-order valence-corrected chi connectivity index (χ1v) is 6.93. The minimum Gasteiger partial charge on any atom is -0.239 e. The van der Waals surface area contributed by atoms with E-state index in [1.54, 1.807) is 0 Å². The van der Waals surface area contributed by atoms with Gasteiger partial charge in [-0.05, 0) is 5.70 Å². The van der Waals surface area contributed by atoms with E-state index >= 15 is 0 Å². The monoisotopic (exact) mass is 274 g/mol. The van der Waals surface area contributed by atoms with Crippen LogP contribution in [-0.2, 0) is 28.4 Å². The molecule has 0 saturated carbocycles. The molecule has 0 bridgehead atoms. The molecule has 0 fully saturated rings. The van der Waals surface area contributed by atoms with Crippen molar-refractivity contribution in [2.24, 2.45) is 0 Å². The SMILES string of the molecule is C=CCOO[Si](C=C)(OOCC=C)OOCC=C. The van der Waals surface area contributed by atoms with E-state index < -0.39 is 8.80 Å². The van der Waals surface area contributed by atoms with Crippen molar-refractivity contribution in [1.82, 2.24) is 0 Å². The molecule has 0 unspecified atom stereocenters. The van der Waals surface area contributed by atoms with E-state index in [0.717, 1.165) is 0 Å². The van der Waals surface area contributed by atoms with Crippen LogP contribution in [0.3, 0.4) is 0 Å². The number of hydrogen-bond acceptors (Lipinski definition) is 6. The minimum atomic E-state index is -3.43. The van der Waals surface area contributed by atoms with Crippen LogP contribution in [-0.4, -0.2) is 28.6 Å². The molecule has 18 heavy (non-hydrogen) atoms. The van der Waals surface area contributed by atoms with E-state index in [2.05, 4.69) is 26.3 Å². The minimum absolute atomic E-state index is 0.151. The maximum Gasteiger partial charge on any atom is 0.612 e. The molecular weight excluding hydrogens is 256 g/mol. The molecule has 0 aromatic rings. The van der Waals surface area contributed by atoms with Gasteiger partial charge in [0.2, 0.25) is 0 Å². The van der Waals surface area contributed by atoms with Gasteiger partial charge in [-0.3, -0.25) is 0 Å². The summed E-state index contributed by atoms with van der Waals surface area (Å²) in [7, 11) is -3.43. The molecule has 0 aliphatic rings. The number of hydrogen-bond donors (Lipinski definition) is 0. The van der Waals surface area contributed by atoms with Crippen LogP contribution in [0.1, 0.15) is 0 Å². The fraction of sp³-hybridized carbons (Fsp3) is 0.273. The van der Waals surface area contributed by atoms with Crippen LogP contribution in [0.4, 0.5) is 0 Å². The highest BCUT2D eigenvalue weighted by Crippen LogP contribution is 2.13. The van der Waals surface area contributed by atoms with Crippen molar-refractivity contribution in [3.63, 3.8) is 0 Å². The summed E-state index contributed by atoms with van der Waals surface area (Å²) in [4.78, 5) is 14.4. The van der Waals surface area contributed by atoms with Gasteiger partial charge in [0.15, 0.2) is 0 Å². The van der Waals surface area contributed by atoms with E-state index in [4.69, 9.17) is 28.4 Å². The summed E-state index contributed by atoms with van der Waals surface area (Å²) < 4.78 is 15.0. The van der Waals surface area contributed by atoms with Crippen LogP contribution >= 0.6 is 0 Å². The van der Waals surface area contributed by atoms with Gasteiger partial charge in [-0.25, -0.2) is 28.4 Å². The van der Waals surface area contributed by atoms with Gasteiger partial charge in [-0.1, -0.05) is 24.8 Å². The van der Waals surface area contributed by atoms with Gasteiger partial charge in [-0.2, -0.15) is 0 Å². The highest BCUT2D eigenvalue weighted by molar-refractivity contribution is 6.65. The zero-order valence-corrected chi connectivity index (χ0v) is 11.2. The lowest BCUT2D eigenvalue weighted by atomic mass is 10.7. The molecule has 7 heteroatoms. The molecule has 0 aromatic carbocycles. The zero-order chi connectivity index (χ0) is 13.7. The predicted octanol–water partition coefficient (Wildman–Crippen LogP) is 2.05. The van der Waals surface area contributed by atoms with Gasteiger partial charge in [-0.15, -0.1) is 19.7 Å². The van der Waals surface area contributed by atoms with Crippen molar-refractivity contribution in [3.05, 3.63) is 50.2 Å². The third kappa shape index (κ3) is 7.30. The largest absolute Gasteiger partial charge is 0.612 e. The molecular formula is C11H18O6Si. The summed E-state index contributed by atoms with van der Waals surface area (Å²) in [6.07, 6.45) is 4.49. The topological polar surface area (TPSA) is 55.4 Å². The maximum atomic E-state index is 5.00. The third-order valence-electron chi connectivity index (χ3n) is 1.33. The molecule has 0 aliphatic heterocycles. The van der Waals surface area contributed by atoms with Gasteiger partial charge in [0.25, 0.3) is 0 Å². The first kappa shape index (κ1) is 16.9. The lowest BCUT2D eigenvalue weighted by Crippen LogP contribution is -2.44. The molecule has 0 N–H and O–H groups in total. The van der Waals surface area contributed by atoms with E-state index in [1.807, 2.05) is 0 Å². The van der Waals surface area contributed by atoms with E-state index in [9.17, 15) is 0 Å². The van der Waals surface area contributed by atoms with E-state index in [1.165, 1.54) is 23.9 Å². The summed E-state index contributed by atoms with van der Waals surface area (Å²) in [6, 6.07) is 0. The molecule has 0 atom stereocenters. The summed E-state index contributed by atoms with van der Waals surface area (Å²) in [5.74, 6) is 0. The molecule has 0 spiro atoms. The third-order valence-corrected chi connectivity index (χ3v) is 2.88. The molecule has 0 aromatic heterocycles. The van der Waals surface area contributed by atoms with E-state index in [-0.39, 0.29) is 19.8 Å². The molecule has 0 radical (unpaired) electrons. The highest BCUT2D eigenvalue weighted by atomic mass is 28.4. The molecule has 0 aliphatic carbocycles. The normalized spacial score (nSPS) is 10.9. The van der Waals surface area contributed by atoms with Crippen molar-refractivity contribution in [3.8, 4) is 0 Å². The van der Waals surface area contributed by atoms with Crippen molar-refractivity contribution in [2.45, 2.75) is 0 Å². The Morgan fingerprint density at radius 3 is 1.22 bits per heavy atom. The van der Waals surface area contributed by atoms with Gasteiger partial charge in [0.1, 0.15) is 0 Å². The van der Waals surface area contributed by atoms with Crippen LogP contribution in [0, 0.1) is 0 Å². The summed E-state index contributed by atoms with van der Waals surface area (Å²) in [6.45, 7) is 14.4. The van der Waals surface area contributed by atoms with Crippen LogP contribution < -0.4 is 0 Å². The molecule has 0 amide bonds. The van der Waals surface area contributed by atoms with Crippen LogP contribution in [0.5, 0.6) is 0 Å². The standard InChI is InChI=1S/C11H18O6Si/c1-5-9-12-15-18(8-4,16-13-10-6-2)17-14-11-7-3/h5-8H,1-4,9-11H2. The fourth-order valence-electron chi connectivity index (χ4n) is 0.637. The summed E-state index contributed by atoms with van der Waals surface area (Å²) in [5.41, 5.74) is 1.29. The van der Waals surface area contributed by atoms with Gasteiger partial charge in [0.05, 0.1) is 19.8 Å². The molecule has 102 valence electrons. The predicted molar refractivity (Wildman–Crippen MR) is 67.7 cm³/mol.